The van der Waals surface area contributed by atoms with Crippen LogP contribution < -0.4 is 4.74 Å². The summed E-state index contributed by atoms with van der Waals surface area (Å²) in [5, 5.41) is 22.4. The SMILES string of the molecule is CCCCCCCCCCCCCCCCc1c(CCC)c(O)cc2c1OC(=O)C2(O)c1ccccc1. The standard InChI is InChI=1S/C33H48O4/c1-3-5-6-7-8-9-10-11-12-13-14-15-16-20-24-28-27(21-4-2)30(34)25-29-31(28)37-32(35)33(29,36)26-22-18-17-19-23-26/h17-19,22-23,25,34,36H,3-16,20-21,24H2,1-2H3. The number of esters is 1. The molecule has 2 aromatic rings. The van der Waals surface area contributed by atoms with Gasteiger partial charge in [-0.3, -0.25) is 0 Å². The van der Waals surface area contributed by atoms with Crippen molar-refractivity contribution in [2.24, 2.45) is 0 Å². The molecule has 204 valence electrons. The van der Waals surface area contributed by atoms with Gasteiger partial charge in [0.25, 0.3) is 0 Å². The summed E-state index contributed by atoms with van der Waals surface area (Å²) in [6.07, 6.45) is 20.6. The van der Waals surface area contributed by atoms with E-state index < -0.39 is 11.6 Å². The van der Waals surface area contributed by atoms with Crippen LogP contribution in [-0.4, -0.2) is 16.2 Å². The molecule has 0 spiro atoms. The molecule has 0 fully saturated rings. The number of hydrogen-bond donors (Lipinski definition) is 2. The smallest absolute Gasteiger partial charge is 0.353 e. The third kappa shape index (κ3) is 7.60. The van der Waals surface area contributed by atoms with Crippen LogP contribution in [0.1, 0.15) is 132 Å². The van der Waals surface area contributed by atoms with E-state index in [0.717, 1.165) is 36.8 Å². The second-order valence-electron chi connectivity index (χ2n) is 10.8. The molecule has 37 heavy (non-hydrogen) atoms. The molecule has 1 unspecified atom stereocenters. The molecule has 0 bridgehead atoms. The average molecular weight is 509 g/mol. The van der Waals surface area contributed by atoms with E-state index in [2.05, 4.69) is 13.8 Å². The Morgan fingerprint density at radius 1 is 0.703 bits per heavy atom. The summed E-state index contributed by atoms with van der Waals surface area (Å²) in [6.45, 7) is 4.35. The Bertz CT molecular complexity index is 968. The van der Waals surface area contributed by atoms with Crippen molar-refractivity contribution in [3.8, 4) is 11.5 Å². The number of ether oxygens (including phenoxy) is 1. The van der Waals surface area contributed by atoms with E-state index in [-0.39, 0.29) is 5.75 Å². The monoisotopic (exact) mass is 508 g/mol. The quantitative estimate of drug-likeness (QED) is 0.120. The molecule has 1 heterocycles. The van der Waals surface area contributed by atoms with Crippen molar-refractivity contribution >= 4 is 5.97 Å². The Labute approximate surface area is 224 Å². The zero-order valence-corrected chi connectivity index (χ0v) is 23.2. The van der Waals surface area contributed by atoms with Gasteiger partial charge in [-0.05, 0) is 30.9 Å². The van der Waals surface area contributed by atoms with E-state index in [1.54, 1.807) is 24.3 Å². The van der Waals surface area contributed by atoms with Gasteiger partial charge < -0.3 is 14.9 Å². The highest BCUT2D eigenvalue weighted by Crippen LogP contribution is 2.48. The summed E-state index contributed by atoms with van der Waals surface area (Å²) in [5.41, 5.74) is 0.672. The van der Waals surface area contributed by atoms with E-state index in [1.807, 2.05) is 6.07 Å². The van der Waals surface area contributed by atoms with Crippen LogP contribution in [0.15, 0.2) is 36.4 Å². The number of carbonyl (C=O) groups is 1. The maximum absolute atomic E-state index is 12.9. The van der Waals surface area contributed by atoms with Crippen LogP contribution in [0.5, 0.6) is 11.5 Å². The lowest BCUT2D eigenvalue weighted by atomic mass is 9.84. The molecule has 1 aliphatic heterocycles. The van der Waals surface area contributed by atoms with Gasteiger partial charge in [-0.15, -0.1) is 0 Å². The van der Waals surface area contributed by atoms with Gasteiger partial charge in [-0.1, -0.05) is 134 Å². The number of phenols is 1. The molecule has 0 aromatic heterocycles. The first-order chi connectivity index (χ1) is 18.0. The number of carbonyl (C=O) groups excluding carboxylic acids is 1. The molecular weight excluding hydrogens is 460 g/mol. The van der Waals surface area contributed by atoms with E-state index in [4.69, 9.17) is 4.74 Å². The van der Waals surface area contributed by atoms with E-state index >= 15 is 0 Å². The van der Waals surface area contributed by atoms with E-state index in [9.17, 15) is 15.0 Å². The third-order valence-corrected chi connectivity index (χ3v) is 7.83. The van der Waals surface area contributed by atoms with Crippen molar-refractivity contribution in [3.63, 3.8) is 0 Å². The van der Waals surface area contributed by atoms with Gasteiger partial charge >= 0.3 is 5.97 Å². The van der Waals surface area contributed by atoms with Crippen LogP contribution in [0.2, 0.25) is 0 Å². The predicted molar refractivity (Wildman–Crippen MR) is 151 cm³/mol. The zero-order chi connectivity index (χ0) is 26.5. The summed E-state index contributed by atoms with van der Waals surface area (Å²) >= 11 is 0. The first-order valence-corrected chi connectivity index (χ1v) is 14.9. The fourth-order valence-corrected chi connectivity index (χ4v) is 5.65. The van der Waals surface area contributed by atoms with Crippen molar-refractivity contribution in [1.82, 2.24) is 0 Å². The lowest BCUT2D eigenvalue weighted by Gasteiger charge is -2.21. The summed E-state index contributed by atoms with van der Waals surface area (Å²) < 4.78 is 5.72. The number of rotatable bonds is 18. The molecular formula is C33H48O4. The molecule has 2 N–H and O–H groups in total. The van der Waals surface area contributed by atoms with Gasteiger partial charge in [0, 0.05) is 16.7 Å². The summed E-state index contributed by atoms with van der Waals surface area (Å²) in [7, 11) is 0. The van der Waals surface area contributed by atoms with Gasteiger partial charge in [-0.25, -0.2) is 4.79 Å². The zero-order valence-electron chi connectivity index (χ0n) is 23.2. The second-order valence-corrected chi connectivity index (χ2v) is 10.8. The highest BCUT2D eigenvalue weighted by molar-refractivity contribution is 5.93. The first kappa shape index (κ1) is 29.2. The molecule has 0 amide bonds. The molecule has 4 heteroatoms. The van der Waals surface area contributed by atoms with Crippen LogP contribution in [0.4, 0.5) is 0 Å². The fraction of sp³-hybridized carbons (Fsp3) is 0.606. The molecule has 0 radical (unpaired) electrons. The Morgan fingerprint density at radius 3 is 1.78 bits per heavy atom. The number of unbranched alkanes of at least 4 members (excludes halogenated alkanes) is 13. The largest absolute Gasteiger partial charge is 0.508 e. The third-order valence-electron chi connectivity index (χ3n) is 7.83. The van der Waals surface area contributed by atoms with E-state index in [0.29, 0.717) is 23.3 Å². The molecule has 4 nitrogen and oxygen atoms in total. The number of aromatic hydroxyl groups is 1. The maximum Gasteiger partial charge on any atom is 0.353 e. The number of hydrogen-bond acceptors (Lipinski definition) is 4. The second kappa shape index (κ2) is 15.2. The summed E-state index contributed by atoms with van der Waals surface area (Å²) in [4.78, 5) is 12.9. The number of phenolic OH excluding ortho intramolecular Hbond substituents is 1. The number of benzene rings is 2. The van der Waals surface area contributed by atoms with Crippen molar-refractivity contribution in [2.75, 3.05) is 0 Å². The highest BCUT2D eigenvalue weighted by Gasteiger charge is 2.51. The van der Waals surface area contributed by atoms with Crippen LogP contribution >= 0.6 is 0 Å². The van der Waals surface area contributed by atoms with Crippen LogP contribution in [0, 0.1) is 0 Å². The molecule has 1 aliphatic rings. The normalized spacial score (nSPS) is 16.7. The number of fused-ring (bicyclic) bond motifs is 1. The lowest BCUT2D eigenvalue weighted by Crippen LogP contribution is -2.34. The molecule has 0 saturated heterocycles. The minimum atomic E-state index is -1.89. The molecule has 0 saturated carbocycles. The van der Waals surface area contributed by atoms with Crippen molar-refractivity contribution in [3.05, 3.63) is 58.7 Å². The Balaban J connectivity index is 1.51. The predicted octanol–water partition coefficient (Wildman–Crippen LogP) is 8.52. The molecule has 3 rings (SSSR count). The van der Waals surface area contributed by atoms with Gasteiger partial charge in [-0.2, -0.15) is 0 Å². The Hall–Kier alpha value is -2.33. The summed E-state index contributed by atoms with van der Waals surface area (Å²) in [6, 6.07) is 10.4. The minimum Gasteiger partial charge on any atom is -0.508 e. The van der Waals surface area contributed by atoms with Crippen LogP contribution in [0.3, 0.4) is 0 Å². The fourth-order valence-electron chi connectivity index (χ4n) is 5.65. The molecule has 1 atom stereocenters. The number of aliphatic hydroxyl groups is 1. The van der Waals surface area contributed by atoms with E-state index in [1.165, 1.54) is 83.1 Å². The lowest BCUT2D eigenvalue weighted by molar-refractivity contribution is -0.147. The highest BCUT2D eigenvalue weighted by atomic mass is 16.6. The topological polar surface area (TPSA) is 66.8 Å². The van der Waals surface area contributed by atoms with Crippen molar-refractivity contribution in [1.29, 1.82) is 0 Å². The Kier molecular flexibility index (Phi) is 12.0. The average Bonchev–Trinajstić information content (AvgIpc) is 3.16. The molecule has 2 aromatic carbocycles. The van der Waals surface area contributed by atoms with Crippen LogP contribution in [0.25, 0.3) is 0 Å². The first-order valence-electron chi connectivity index (χ1n) is 14.9. The Morgan fingerprint density at radius 2 is 1.24 bits per heavy atom. The van der Waals surface area contributed by atoms with Gasteiger partial charge in [0.1, 0.15) is 11.5 Å². The molecule has 0 aliphatic carbocycles. The summed E-state index contributed by atoms with van der Waals surface area (Å²) in [5.74, 6) is -0.0927. The maximum atomic E-state index is 12.9. The van der Waals surface area contributed by atoms with Crippen molar-refractivity contribution in [2.45, 2.75) is 129 Å². The van der Waals surface area contributed by atoms with Gasteiger partial charge in [0.15, 0.2) is 0 Å². The van der Waals surface area contributed by atoms with Gasteiger partial charge in [0.05, 0.1) is 0 Å². The minimum absolute atomic E-state index is 0.147. The van der Waals surface area contributed by atoms with Gasteiger partial charge in [0.2, 0.25) is 5.60 Å². The van der Waals surface area contributed by atoms with Crippen molar-refractivity contribution < 1.29 is 19.7 Å². The van der Waals surface area contributed by atoms with Crippen LogP contribution in [-0.2, 0) is 23.2 Å².